The van der Waals surface area contributed by atoms with Crippen LogP contribution in [0.5, 0.6) is 0 Å². The quantitative estimate of drug-likeness (QED) is 0.578. The standard InChI is InChI=1S/C7H7N3/c1-6(2)10-4-3-7(5-8)9-10/h3-4H,1H2,2H3. The van der Waals surface area contributed by atoms with Crippen LogP contribution < -0.4 is 0 Å². The van der Waals surface area contributed by atoms with E-state index in [9.17, 15) is 0 Å². The fourth-order valence-electron chi connectivity index (χ4n) is 0.596. The SMILES string of the molecule is C=C(C)n1ccc(C#N)n1. The molecule has 1 aromatic rings. The van der Waals surface area contributed by atoms with Crippen LogP contribution in [0.4, 0.5) is 0 Å². The van der Waals surface area contributed by atoms with Gasteiger partial charge in [-0.3, -0.25) is 0 Å². The van der Waals surface area contributed by atoms with Gasteiger partial charge in [-0.15, -0.1) is 0 Å². The minimum absolute atomic E-state index is 0.419. The summed E-state index contributed by atoms with van der Waals surface area (Å²) in [6.07, 6.45) is 1.71. The summed E-state index contributed by atoms with van der Waals surface area (Å²) in [6, 6.07) is 3.58. The second-order valence-corrected chi connectivity index (χ2v) is 1.99. The molecule has 0 saturated heterocycles. The molecule has 0 aliphatic heterocycles. The molecule has 3 heteroatoms. The zero-order valence-corrected chi connectivity index (χ0v) is 5.70. The highest BCUT2D eigenvalue weighted by Crippen LogP contribution is 1.99. The zero-order valence-electron chi connectivity index (χ0n) is 5.70. The summed E-state index contributed by atoms with van der Waals surface area (Å²) in [7, 11) is 0. The van der Waals surface area contributed by atoms with Gasteiger partial charge >= 0.3 is 0 Å². The Hall–Kier alpha value is -1.56. The molecule has 0 spiro atoms. The van der Waals surface area contributed by atoms with E-state index in [4.69, 9.17) is 5.26 Å². The van der Waals surface area contributed by atoms with E-state index in [1.807, 2.05) is 13.0 Å². The molecule has 0 unspecified atom stereocenters. The lowest BCUT2D eigenvalue weighted by Crippen LogP contribution is -1.92. The largest absolute Gasteiger partial charge is 0.245 e. The Kier molecular flexibility index (Phi) is 1.55. The van der Waals surface area contributed by atoms with E-state index in [1.165, 1.54) is 0 Å². The van der Waals surface area contributed by atoms with E-state index in [0.29, 0.717) is 5.69 Å². The molecule has 0 atom stereocenters. The van der Waals surface area contributed by atoms with Crippen molar-refractivity contribution in [1.29, 1.82) is 5.26 Å². The van der Waals surface area contributed by atoms with Crippen LogP contribution in [-0.2, 0) is 0 Å². The van der Waals surface area contributed by atoms with Crippen molar-refractivity contribution in [1.82, 2.24) is 9.78 Å². The molecular formula is C7H7N3. The van der Waals surface area contributed by atoms with E-state index in [1.54, 1.807) is 16.9 Å². The molecule has 0 saturated carbocycles. The van der Waals surface area contributed by atoms with Crippen LogP contribution in [0.1, 0.15) is 12.6 Å². The Morgan fingerprint density at radius 2 is 2.60 bits per heavy atom. The van der Waals surface area contributed by atoms with Crippen LogP contribution in [0.3, 0.4) is 0 Å². The Balaban J connectivity index is 3.02. The lowest BCUT2D eigenvalue weighted by molar-refractivity contribution is 0.890. The van der Waals surface area contributed by atoms with Crippen LogP contribution in [0, 0.1) is 11.3 Å². The minimum atomic E-state index is 0.419. The first kappa shape index (κ1) is 6.56. The van der Waals surface area contributed by atoms with Gasteiger partial charge < -0.3 is 0 Å². The highest BCUT2D eigenvalue weighted by molar-refractivity contribution is 5.37. The molecule has 3 nitrogen and oxygen atoms in total. The first-order chi connectivity index (χ1) is 4.74. The van der Waals surface area contributed by atoms with Gasteiger partial charge in [0.15, 0.2) is 5.69 Å². The van der Waals surface area contributed by atoms with Gasteiger partial charge in [0.2, 0.25) is 0 Å². The van der Waals surface area contributed by atoms with E-state index in [-0.39, 0.29) is 0 Å². The van der Waals surface area contributed by atoms with Crippen molar-refractivity contribution < 1.29 is 0 Å². The van der Waals surface area contributed by atoms with E-state index in [2.05, 4.69) is 11.7 Å². The van der Waals surface area contributed by atoms with Crippen molar-refractivity contribution in [2.45, 2.75) is 6.92 Å². The average molecular weight is 133 g/mol. The molecule has 0 aliphatic rings. The Bertz CT molecular complexity index is 290. The molecule has 1 aromatic heterocycles. The highest BCUT2D eigenvalue weighted by atomic mass is 15.3. The number of hydrogen-bond donors (Lipinski definition) is 0. The molecule has 0 amide bonds. The summed E-state index contributed by atoms with van der Waals surface area (Å²) in [5.41, 5.74) is 1.23. The highest BCUT2D eigenvalue weighted by Gasteiger charge is 1.94. The smallest absolute Gasteiger partial charge is 0.162 e. The molecule has 0 fully saturated rings. The topological polar surface area (TPSA) is 41.6 Å². The Morgan fingerprint density at radius 1 is 1.90 bits per heavy atom. The van der Waals surface area contributed by atoms with Crippen molar-refractivity contribution in [3.8, 4) is 6.07 Å². The third-order valence-corrected chi connectivity index (χ3v) is 1.09. The van der Waals surface area contributed by atoms with E-state index in [0.717, 1.165) is 5.70 Å². The van der Waals surface area contributed by atoms with Gasteiger partial charge in [-0.05, 0) is 13.0 Å². The molecule has 10 heavy (non-hydrogen) atoms. The summed E-state index contributed by atoms with van der Waals surface area (Å²) < 4.78 is 1.57. The molecular weight excluding hydrogens is 126 g/mol. The van der Waals surface area contributed by atoms with Gasteiger partial charge in [-0.2, -0.15) is 10.4 Å². The second-order valence-electron chi connectivity index (χ2n) is 1.99. The van der Waals surface area contributed by atoms with Crippen LogP contribution in [-0.4, -0.2) is 9.78 Å². The van der Waals surface area contributed by atoms with Crippen molar-refractivity contribution in [2.75, 3.05) is 0 Å². The van der Waals surface area contributed by atoms with Crippen molar-refractivity contribution in [3.63, 3.8) is 0 Å². The fraction of sp³-hybridized carbons (Fsp3) is 0.143. The van der Waals surface area contributed by atoms with Gasteiger partial charge in [0.25, 0.3) is 0 Å². The first-order valence-electron chi connectivity index (χ1n) is 2.85. The molecule has 0 aromatic carbocycles. The van der Waals surface area contributed by atoms with Crippen LogP contribution in [0.2, 0.25) is 0 Å². The van der Waals surface area contributed by atoms with Crippen LogP contribution in [0.15, 0.2) is 18.8 Å². The predicted molar refractivity (Wildman–Crippen MR) is 37.9 cm³/mol. The predicted octanol–water partition coefficient (Wildman–Crippen LogP) is 1.25. The molecule has 0 bridgehead atoms. The second kappa shape index (κ2) is 2.36. The van der Waals surface area contributed by atoms with Gasteiger partial charge in [-0.1, -0.05) is 6.58 Å². The average Bonchev–Trinajstić information content (AvgIpc) is 2.34. The lowest BCUT2D eigenvalue weighted by atomic mass is 10.5. The molecule has 1 rings (SSSR count). The summed E-state index contributed by atoms with van der Waals surface area (Å²) in [6.45, 7) is 5.49. The Morgan fingerprint density at radius 3 is 2.90 bits per heavy atom. The number of allylic oxidation sites excluding steroid dienone is 1. The monoisotopic (exact) mass is 133 g/mol. The molecule has 0 radical (unpaired) electrons. The summed E-state index contributed by atoms with van der Waals surface area (Å²) in [5, 5.41) is 12.3. The molecule has 1 heterocycles. The van der Waals surface area contributed by atoms with Gasteiger partial charge in [-0.25, -0.2) is 4.68 Å². The molecule has 0 aliphatic carbocycles. The third kappa shape index (κ3) is 1.06. The van der Waals surface area contributed by atoms with E-state index < -0.39 is 0 Å². The van der Waals surface area contributed by atoms with Crippen molar-refractivity contribution >= 4 is 5.70 Å². The number of aromatic nitrogens is 2. The summed E-state index contributed by atoms with van der Waals surface area (Å²) >= 11 is 0. The van der Waals surface area contributed by atoms with Gasteiger partial charge in [0, 0.05) is 11.9 Å². The maximum Gasteiger partial charge on any atom is 0.162 e. The summed E-state index contributed by atoms with van der Waals surface area (Å²) in [5.74, 6) is 0. The number of nitriles is 1. The number of hydrogen-bond acceptors (Lipinski definition) is 2. The normalized spacial score (nSPS) is 8.80. The number of nitrogens with zero attached hydrogens (tertiary/aromatic N) is 3. The minimum Gasteiger partial charge on any atom is -0.245 e. The van der Waals surface area contributed by atoms with Gasteiger partial charge in [0.05, 0.1) is 0 Å². The third-order valence-electron chi connectivity index (χ3n) is 1.09. The maximum atomic E-state index is 8.38. The first-order valence-corrected chi connectivity index (χ1v) is 2.85. The lowest BCUT2D eigenvalue weighted by Gasteiger charge is -1.93. The van der Waals surface area contributed by atoms with Crippen molar-refractivity contribution in [2.24, 2.45) is 0 Å². The van der Waals surface area contributed by atoms with Gasteiger partial charge in [0.1, 0.15) is 6.07 Å². The van der Waals surface area contributed by atoms with Crippen LogP contribution in [0.25, 0.3) is 5.70 Å². The van der Waals surface area contributed by atoms with Crippen molar-refractivity contribution in [3.05, 3.63) is 24.5 Å². The molecule has 50 valence electrons. The zero-order chi connectivity index (χ0) is 7.56. The Labute approximate surface area is 59.2 Å². The van der Waals surface area contributed by atoms with E-state index >= 15 is 0 Å². The maximum absolute atomic E-state index is 8.38. The van der Waals surface area contributed by atoms with Crippen LogP contribution >= 0.6 is 0 Å². The summed E-state index contributed by atoms with van der Waals surface area (Å²) in [4.78, 5) is 0. The molecule has 0 N–H and O–H groups in total. The fourth-order valence-corrected chi connectivity index (χ4v) is 0.596. The number of rotatable bonds is 1.